The van der Waals surface area contributed by atoms with Crippen LogP contribution in [0.1, 0.15) is 16.7 Å². The van der Waals surface area contributed by atoms with Crippen molar-refractivity contribution < 1.29 is 23.1 Å². The number of rotatable bonds is 9. The second-order valence-corrected chi connectivity index (χ2v) is 9.75. The molecule has 0 bridgehead atoms. The number of carbonyl (C=O) groups is 1. The number of nitrogens with zero attached hydrogens (tertiary/aromatic N) is 2. The van der Waals surface area contributed by atoms with Gasteiger partial charge >= 0.3 is 0 Å². The highest BCUT2D eigenvalue weighted by molar-refractivity contribution is 7.89. The van der Waals surface area contributed by atoms with Gasteiger partial charge in [0.15, 0.2) is 11.5 Å². The van der Waals surface area contributed by atoms with Crippen LogP contribution in [0.4, 0.5) is 0 Å². The highest BCUT2D eigenvalue weighted by Crippen LogP contribution is 2.25. The maximum atomic E-state index is 13.3. The number of aryl methyl sites for hydroxylation is 1. The molecule has 8 nitrogen and oxygen atoms in total. The first-order valence-electron chi connectivity index (χ1n) is 10.2. The first-order valence-corrected chi connectivity index (χ1v) is 12.0. The number of amides is 1. The zero-order valence-corrected chi connectivity index (χ0v) is 20.2. The van der Waals surface area contributed by atoms with Crippen molar-refractivity contribution in [3.63, 3.8) is 0 Å². The molecule has 0 saturated heterocycles. The molecular formula is C24H24ClN3O5S. The van der Waals surface area contributed by atoms with E-state index >= 15 is 0 Å². The molecule has 0 fully saturated rings. The number of nitrogens with one attached hydrogen (secondary N) is 1. The second kappa shape index (κ2) is 11.1. The summed E-state index contributed by atoms with van der Waals surface area (Å²) >= 11 is 5.90. The maximum Gasteiger partial charge on any atom is 0.255 e. The molecule has 0 aliphatic rings. The van der Waals surface area contributed by atoms with Gasteiger partial charge in [0.2, 0.25) is 10.0 Å². The lowest BCUT2D eigenvalue weighted by molar-refractivity contribution is -0.121. The lowest BCUT2D eigenvalue weighted by atomic mass is 10.1. The molecule has 2 N–H and O–H groups in total. The van der Waals surface area contributed by atoms with Gasteiger partial charge in [-0.1, -0.05) is 35.9 Å². The van der Waals surface area contributed by atoms with Gasteiger partial charge in [0.05, 0.1) is 24.8 Å². The van der Waals surface area contributed by atoms with E-state index in [1.807, 2.05) is 31.2 Å². The number of phenols is 1. The number of hydrogen-bond donors (Lipinski definition) is 2. The number of phenolic OH excluding ortho intramolecular Hbond substituents is 1. The smallest absolute Gasteiger partial charge is 0.255 e. The van der Waals surface area contributed by atoms with Crippen molar-refractivity contribution in [1.29, 1.82) is 0 Å². The fraction of sp³-hybridized carbons (Fsp3) is 0.167. The number of benzene rings is 3. The van der Waals surface area contributed by atoms with E-state index in [1.165, 1.54) is 43.7 Å². The van der Waals surface area contributed by atoms with Gasteiger partial charge in [0, 0.05) is 11.6 Å². The lowest BCUT2D eigenvalue weighted by Gasteiger charge is -2.22. The van der Waals surface area contributed by atoms with Crippen molar-refractivity contribution in [2.75, 3.05) is 13.7 Å². The molecular weight excluding hydrogens is 478 g/mol. The number of hydrazone groups is 1. The van der Waals surface area contributed by atoms with Gasteiger partial charge < -0.3 is 9.84 Å². The Labute approximate surface area is 203 Å². The SMILES string of the molecule is COc1cc(/C=N\NC(=O)CN(Cc2ccccc2C)S(=O)(=O)c2ccc(Cl)cc2)ccc1O. The molecule has 0 radical (unpaired) electrons. The minimum atomic E-state index is -4.00. The van der Waals surface area contributed by atoms with E-state index in [-0.39, 0.29) is 22.9 Å². The average molecular weight is 502 g/mol. The van der Waals surface area contributed by atoms with Gasteiger partial charge in [-0.15, -0.1) is 0 Å². The van der Waals surface area contributed by atoms with Gasteiger partial charge in [-0.2, -0.15) is 9.41 Å². The number of methoxy groups -OCH3 is 1. The zero-order valence-electron chi connectivity index (χ0n) is 18.6. The predicted molar refractivity (Wildman–Crippen MR) is 131 cm³/mol. The monoisotopic (exact) mass is 501 g/mol. The molecule has 1 amide bonds. The molecule has 0 atom stereocenters. The number of carbonyl (C=O) groups excluding carboxylic acids is 1. The fourth-order valence-electron chi connectivity index (χ4n) is 3.11. The quantitative estimate of drug-likeness (QED) is 0.343. The Kier molecular flexibility index (Phi) is 8.27. The van der Waals surface area contributed by atoms with Crippen LogP contribution < -0.4 is 10.2 Å². The van der Waals surface area contributed by atoms with Gasteiger partial charge in [-0.25, -0.2) is 13.8 Å². The summed E-state index contributed by atoms with van der Waals surface area (Å²) in [6, 6.07) is 17.7. The van der Waals surface area contributed by atoms with Gasteiger partial charge in [0.25, 0.3) is 5.91 Å². The Balaban J connectivity index is 1.80. The first kappa shape index (κ1) is 25.2. The van der Waals surface area contributed by atoms with Crippen molar-refractivity contribution >= 4 is 33.7 Å². The molecule has 0 spiro atoms. The molecule has 0 aliphatic heterocycles. The molecule has 0 aromatic heterocycles. The van der Waals surface area contributed by atoms with E-state index in [0.29, 0.717) is 10.6 Å². The van der Waals surface area contributed by atoms with Crippen LogP contribution in [0.5, 0.6) is 11.5 Å². The molecule has 0 aliphatic carbocycles. The highest BCUT2D eigenvalue weighted by Gasteiger charge is 2.27. The summed E-state index contributed by atoms with van der Waals surface area (Å²) in [4.78, 5) is 12.6. The minimum Gasteiger partial charge on any atom is -0.504 e. The summed E-state index contributed by atoms with van der Waals surface area (Å²) in [7, 11) is -2.58. The molecule has 0 saturated carbocycles. The van der Waals surface area contributed by atoms with Crippen LogP contribution in [-0.4, -0.2) is 43.6 Å². The minimum absolute atomic E-state index is 0.00390. The van der Waals surface area contributed by atoms with Crippen LogP contribution in [0.15, 0.2) is 76.7 Å². The summed E-state index contributed by atoms with van der Waals surface area (Å²) in [5.74, 6) is -0.384. The Bertz CT molecular complexity index is 1290. The zero-order chi connectivity index (χ0) is 24.7. The molecule has 0 heterocycles. The molecule has 178 valence electrons. The average Bonchev–Trinajstić information content (AvgIpc) is 2.81. The van der Waals surface area contributed by atoms with Crippen molar-refractivity contribution in [1.82, 2.24) is 9.73 Å². The molecule has 3 aromatic rings. The summed E-state index contributed by atoms with van der Waals surface area (Å²) in [5, 5.41) is 14.0. The third kappa shape index (κ3) is 6.34. The third-order valence-corrected chi connectivity index (χ3v) is 7.04. The topological polar surface area (TPSA) is 108 Å². The molecule has 3 rings (SSSR count). The Morgan fingerprint density at radius 1 is 1.15 bits per heavy atom. The standard InChI is InChI=1S/C24H24ClN3O5S/c1-17-5-3-4-6-19(17)15-28(34(31,32)21-10-8-20(25)9-11-21)16-24(30)27-26-14-18-7-12-22(29)23(13-18)33-2/h3-14,29H,15-16H2,1-2H3,(H,27,30)/b26-14-. The van der Waals surface area contributed by atoms with Crippen molar-refractivity contribution in [3.05, 3.63) is 88.4 Å². The highest BCUT2D eigenvalue weighted by atomic mass is 35.5. The summed E-state index contributed by atoms with van der Waals surface area (Å²) in [6.45, 7) is 1.43. The van der Waals surface area contributed by atoms with Crippen LogP contribution in [-0.2, 0) is 21.4 Å². The van der Waals surface area contributed by atoms with Gasteiger partial charge in [0.1, 0.15) is 0 Å². The maximum absolute atomic E-state index is 13.3. The van der Waals surface area contributed by atoms with E-state index < -0.39 is 22.5 Å². The Hall–Kier alpha value is -3.40. The number of halogens is 1. The van der Waals surface area contributed by atoms with Crippen LogP contribution in [0, 0.1) is 6.92 Å². The largest absolute Gasteiger partial charge is 0.504 e. The van der Waals surface area contributed by atoms with Crippen LogP contribution in [0.3, 0.4) is 0 Å². The fourth-order valence-corrected chi connectivity index (χ4v) is 4.61. The van der Waals surface area contributed by atoms with Gasteiger partial charge in [-0.05, 0) is 66.1 Å². The Morgan fingerprint density at radius 3 is 2.53 bits per heavy atom. The third-order valence-electron chi connectivity index (χ3n) is 4.99. The number of aromatic hydroxyl groups is 1. The van der Waals surface area contributed by atoms with E-state index in [2.05, 4.69) is 10.5 Å². The van der Waals surface area contributed by atoms with Crippen LogP contribution in [0.25, 0.3) is 0 Å². The molecule has 34 heavy (non-hydrogen) atoms. The normalized spacial score (nSPS) is 11.6. The van der Waals surface area contributed by atoms with E-state index in [9.17, 15) is 18.3 Å². The van der Waals surface area contributed by atoms with E-state index in [0.717, 1.165) is 15.4 Å². The lowest BCUT2D eigenvalue weighted by Crippen LogP contribution is -2.39. The number of sulfonamides is 1. The second-order valence-electron chi connectivity index (χ2n) is 7.38. The number of ether oxygens (including phenoxy) is 1. The molecule has 3 aromatic carbocycles. The summed E-state index contributed by atoms with van der Waals surface area (Å²) < 4.78 is 32.8. The van der Waals surface area contributed by atoms with Crippen molar-refractivity contribution in [2.45, 2.75) is 18.4 Å². The first-order chi connectivity index (χ1) is 16.2. The predicted octanol–water partition coefficient (Wildman–Crippen LogP) is 3.70. The molecule has 0 unspecified atom stereocenters. The summed E-state index contributed by atoms with van der Waals surface area (Å²) in [6.07, 6.45) is 1.36. The number of hydrogen-bond acceptors (Lipinski definition) is 6. The Morgan fingerprint density at radius 2 is 1.85 bits per heavy atom. The molecule has 10 heteroatoms. The van der Waals surface area contributed by atoms with Crippen molar-refractivity contribution in [2.24, 2.45) is 5.10 Å². The van der Waals surface area contributed by atoms with Crippen molar-refractivity contribution in [3.8, 4) is 11.5 Å². The van der Waals surface area contributed by atoms with E-state index in [1.54, 1.807) is 12.1 Å². The van der Waals surface area contributed by atoms with Gasteiger partial charge in [-0.3, -0.25) is 4.79 Å². The summed E-state index contributed by atoms with van der Waals surface area (Å²) in [5.41, 5.74) is 4.59. The van der Waals surface area contributed by atoms with Crippen LogP contribution in [0.2, 0.25) is 5.02 Å². The van der Waals surface area contributed by atoms with Crippen LogP contribution >= 0.6 is 11.6 Å². The van der Waals surface area contributed by atoms with E-state index in [4.69, 9.17) is 16.3 Å².